The number of rotatable bonds is 8. The van der Waals surface area contributed by atoms with Crippen LogP contribution < -0.4 is 4.74 Å². The molecule has 24 heavy (non-hydrogen) atoms. The van der Waals surface area contributed by atoms with E-state index >= 15 is 0 Å². The third-order valence-corrected chi connectivity index (χ3v) is 2.99. The van der Waals surface area contributed by atoms with Crippen molar-refractivity contribution < 1.29 is 24.6 Å². The summed E-state index contributed by atoms with van der Waals surface area (Å²) in [6, 6.07) is 11.8. The molecule has 2 rings (SSSR count). The van der Waals surface area contributed by atoms with Crippen LogP contribution in [0.15, 0.2) is 52.8 Å². The molecular formula is C17H18N2O5. The van der Waals surface area contributed by atoms with E-state index < -0.39 is 0 Å². The summed E-state index contributed by atoms with van der Waals surface area (Å²) in [4.78, 5) is 10.0. The van der Waals surface area contributed by atoms with Gasteiger partial charge in [0.2, 0.25) is 0 Å². The molecule has 2 aromatic carbocycles. The highest BCUT2D eigenvalue weighted by Crippen LogP contribution is 2.27. The van der Waals surface area contributed by atoms with Crippen LogP contribution in [-0.4, -0.2) is 43.0 Å². The minimum atomic E-state index is -0.00383. The molecule has 0 radical (unpaired) electrons. The van der Waals surface area contributed by atoms with Gasteiger partial charge in [-0.2, -0.15) is 0 Å². The maximum absolute atomic E-state index is 9.86. The van der Waals surface area contributed by atoms with Gasteiger partial charge in [-0.15, -0.1) is 0 Å². The van der Waals surface area contributed by atoms with Gasteiger partial charge in [0.05, 0.1) is 19.5 Å². The first kappa shape index (κ1) is 17.1. The van der Waals surface area contributed by atoms with Gasteiger partial charge in [-0.05, 0) is 24.3 Å². The Labute approximate surface area is 139 Å². The Morgan fingerprint density at radius 2 is 1.50 bits per heavy atom. The lowest BCUT2D eigenvalue weighted by atomic mass is 10.2. The van der Waals surface area contributed by atoms with Gasteiger partial charge in [-0.1, -0.05) is 28.5 Å². The van der Waals surface area contributed by atoms with Crippen molar-refractivity contribution in [2.75, 3.05) is 20.3 Å². The number of nitrogens with zero attached hydrogens (tertiary/aromatic N) is 2. The van der Waals surface area contributed by atoms with E-state index in [0.29, 0.717) is 16.9 Å². The summed E-state index contributed by atoms with van der Waals surface area (Å²) in [6.45, 7) is 0.366. The first-order valence-corrected chi connectivity index (χ1v) is 7.17. The summed E-state index contributed by atoms with van der Waals surface area (Å²) in [5.41, 5.74) is 1.04. The molecule has 7 nitrogen and oxygen atoms in total. The van der Waals surface area contributed by atoms with E-state index in [2.05, 4.69) is 10.3 Å². The average molecular weight is 330 g/mol. The van der Waals surface area contributed by atoms with Crippen LogP contribution in [0.1, 0.15) is 11.1 Å². The second kappa shape index (κ2) is 9.04. The van der Waals surface area contributed by atoms with E-state index in [1.54, 1.807) is 42.5 Å². The number of methoxy groups -OCH3 is 1. The lowest BCUT2D eigenvalue weighted by molar-refractivity contribution is 0.0553. The number of ether oxygens (including phenoxy) is 1. The van der Waals surface area contributed by atoms with Crippen LogP contribution in [0.5, 0.6) is 17.2 Å². The fraction of sp³-hybridized carbons (Fsp3) is 0.176. The zero-order valence-corrected chi connectivity index (χ0v) is 13.1. The molecule has 0 aliphatic carbocycles. The Hall–Kier alpha value is -3.22. The number of oxime groups is 2. The number of hydrogen-bond acceptors (Lipinski definition) is 7. The molecular weight excluding hydrogens is 312 g/mol. The van der Waals surface area contributed by atoms with Crippen LogP contribution in [-0.2, 0) is 9.68 Å². The van der Waals surface area contributed by atoms with Crippen LogP contribution >= 0.6 is 0 Å². The molecule has 0 saturated carbocycles. The summed E-state index contributed by atoms with van der Waals surface area (Å²) in [7, 11) is 1.47. The van der Waals surface area contributed by atoms with Crippen molar-refractivity contribution in [2.24, 2.45) is 10.3 Å². The van der Waals surface area contributed by atoms with Crippen LogP contribution in [0, 0.1) is 0 Å². The zero-order valence-electron chi connectivity index (χ0n) is 13.1. The second-order valence-electron chi connectivity index (χ2n) is 4.59. The maximum atomic E-state index is 9.86. The largest absolute Gasteiger partial charge is 0.507 e. The molecule has 0 fully saturated rings. The van der Waals surface area contributed by atoms with Crippen LogP contribution in [0.4, 0.5) is 0 Å². The Morgan fingerprint density at radius 1 is 0.875 bits per heavy atom. The predicted octanol–water partition coefficient (Wildman–Crippen LogP) is 2.51. The average Bonchev–Trinajstić information content (AvgIpc) is 2.60. The topological polar surface area (TPSA) is 92.9 Å². The summed E-state index contributed by atoms with van der Waals surface area (Å²) < 4.78 is 5.00. The minimum Gasteiger partial charge on any atom is -0.507 e. The quantitative estimate of drug-likeness (QED) is 0.441. The molecule has 2 aromatic rings. The lowest BCUT2D eigenvalue weighted by Crippen LogP contribution is -1.98. The highest BCUT2D eigenvalue weighted by molar-refractivity contribution is 5.84. The highest BCUT2D eigenvalue weighted by Gasteiger charge is 2.04. The molecule has 0 saturated heterocycles. The molecule has 0 bridgehead atoms. The molecule has 126 valence electrons. The monoisotopic (exact) mass is 330 g/mol. The van der Waals surface area contributed by atoms with Gasteiger partial charge in [-0.25, -0.2) is 0 Å². The van der Waals surface area contributed by atoms with Crippen LogP contribution in [0.25, 0.3) is 0 Å². The second-order valence-corrected chi connectivity index (χ2v) is 4.59. The van der Waals surface area contributed by atoms with Gasteiger partial charge in [0, 0.05) is 11.1 Å². The summed E-state index contributed by atoms with van der Waals surface area (Å²) in [5.74, 6) is 0.487. The highest BCUT2D eigenvalue weighted by atomic mass is 16.7. The van der Waals surface area contributed by atoms with Crippen molar-refractivity contribution in [2.45, 2.75) is 0 Å². The Balaban J connectivity index is 1.71. The van der Waals surface area contributed by atoms with Crippen molar-refractivity contribution in [1.82, 2.24) is 0 Å². The van der Waals surface area contributed by atoms with Gasteiger partial charge in [0.25, 0.3) is 0 Å². The SMILES string of the molecule is COc1cccc(/C=N/OCCO/N=C/c2ccccc2O)c1O. The van der Waals surface area contributed by atoms with Crippen molar-refractivity contribution in [3.05, 3.63) is 53.6 Å². The van der Waals surface area contributed by atoms with Gasteiger partial charge in [0.1, 0.15) is 5.75 Å². The summed E-state index contributed by atoms with van der Waals surface area (Å²) >= 11 is 0. The number of para-hydroxylation sites is 2. The number of aromatic hydroxyl groups is 2. The molecule has 0 amide bonds. The molecule has 7 heteroatoms. The number of benzene rings is 2. The van der Waals surface area contributed by atoms with Crippen molar-refractivity contribution in [3.8, 4) is 17.2 Å². The van der Waals surface area contributed by atoms with Crippen molar-refractivity contribution >= 4 is 12.4 Å². The fourth-order valence-electron chi connectivity index (χ4n) is 1.77. The Kier molecular flexibility index (Phi) is 6.46. The minimum absolute atomic E-state index is 0.00383. The fourth-order valence-corrected chi connectivity index (χ4v) is 1.77. The van der Waals surface area contributed by atoms with Crippen LogP contribution in [0.3, 0.4) is 0 Å². The molecule has 0 aliphatic rings. The molecule has 0 unspecified atom stereocenters. The molecule has 0 aliphatic heterocycles. The maximum Gasteiger partial charge on any atom is 0.166 e. The van der Waals surface area contributed by atoms with E-state index in [1.807, 2.05) is 0 Å². The summed E-state index contributed by atoms with van der Waals surface area (Å²) in [5, 5.41) is 26.8. The molecule has 2 N–H and O–H groups in total. The predicted molar refractivity (Wildman–Crippen MR) is 89.9 cm³/mol. The first-order chi connectivity index (χ1) is 11.7. The number of phenols is 2. The summed E-state index contributed by atoms with van der Waals surface area (Å²) in [6.07, 6.45) is 2.79. The van der Waals surface area contributed by atoms with E-state index in [4.69, 9.17) is 14.4 Å². The standard InChI is InChI=1S/C17H18N2O5/c1-22-16-8-4-6-14(17(16)21)12-19-24-10-9-23-18-11-13-5-2-3-7-15(13)20/h2-8,11-12,20-21H,9-10H2,1H3/b18-11+,19-12+. The first-order valence-electron chi connectivity index (χ1n) is 7.17. The lowest BCUT2D eigenvalue weighted by Gasteiger charge is -2.04. The number of phenolic OH excluding ortho intramolecular Hbond substituents is 2. The van der Waals surface area contributed by atoms with E-state index in [-0.39, 0.29) is 24.7 Å². The Bertz CT molecular complexity index is 716. The smallest absolute Gasteiger partial charge is 0.166 e. The van der Waals surface area contributed by atoms with Gasteiger partial charge >= 0.3 is 0 Å². The van der Waals surface area contributed by atoms with Gasteiger partial charge in [-0.3, -0.25) is 0 Å². The molecule has 0 heterocycles. The zero-order chi connectivity index (χ0) is 17.2. The van der Waals surface area contributed by atoms with E-state index in [1.165, 1.54) is 19.5 Å². The normalized spacial score (nSPS) is 11.0. The van der Waals surface area contributed by atoms with Crippen molar-refractivity contribution in [3.63, 3.8) is 0 Å². The Morgan fingerprint density at radius 3 is 2.17 bits per heavy atom. The van der Waals surface area contributed by atoms with Gasteiger partial charge in [0.15, 0.2) is 24.7 Å². The molecule has 0 spiro atoms. The number of hydrogen-bond donors (Lipinski definition) is 2. The van der Waals surface area contributed by atoms with E-state index in [9.17, 15) is 10.2 Å². The van der Waals surface area contributed by atoms with Gasteiger partial charge < -0.3 is 24.6 Å². The third kappa shape index (κ3) is 4.91. The molecule has 0 atom stereocenters. The third-order valence-electron chi connectivity index (χ3n) is 2.99. The van der Waals surface area contributed by atoms with Crippen molar-refractivity contribution in [1.29, 1.82) is 0 Å². The van der Waals surface area contributed by atoms with E-state index in [0.717, 1.165) is 0 Å². The molecule has 0 aromatic heterocycles. The van der Waals surface area contributed by atoms with Crippen LogP contribution in [0.2, 0.25) is 0 Å².